The third-order valence-electron chi connectivity index (χ3n) is 18.3. The number of carbonyl (C=O) groups is 2. The summed E-state index contributed by atoms with van der Waals surface area (Å²) in [6, 6.07) is 0. The Morgan fingerprint density at radius 2 is 0.731 bits per heavy atom. The van der Waals surface area contributed by atoms with E-state index in [4.69, 9.17) is 61.9 Å². The summed E-state index contributed by atoms with van der Waals surface area (Å²) in [5, 5.41) is 225. The van der Waals surface area contributed by atoms with Gasteiger partial charge in [0.25, 0.3) is 0 Å². The molecule has 22 aliphatic heterocycles. The van der Waals surface area contributed by atoms with Gasteiger partial charge in [-0.05, 0) is 25.2 Å². The lowest BCUT2D eigenvalue weighted by molar-refractivity contribution is -0.404. The molecule has 21 N–H and O–H groups in total. The molecule has 93 heavy (non-hydrogen) atoms. The molecule has 23 rings (SSSR count). The van der Waals surface area contributed by atoms with Crippen molar-refractivity contribution in [3.05, 3.63) is 12.2 Å². The van der Waals surface area contributed by atoms with E-state index in [9.17, 15) is 112 Å². The van der Waals surface area contributed by atoms with Crippen molar-refractivity contribution in [1.82, 2.24) is 0 Å². The summed E-state index contributed by atoms with van der Waals surface area (Å²) in [6.45, 7) is -1.69. The minimum Gasteiger partial charge on any atom is -0.481 e. The van der Waals surface area contributed by atoms with E-state index in [2.05, 4.69) is 13.8 Å². The third kappa shape index (κ3) is 18.7. The third-order valence-corrected chi connectivity index (χ3v) is 18.3. The highest BCUT2D eigenvalue weighted by Crippen LogP contribution is 2.39. The Balaban J connectivity index is 0.000000381. The minimum absolute atomic E-state index is 0.105. The monoisotopic (exact) mass is 1350 g/mol. The normalized spacial score (nSPS) is 46.6. The van der Waals surface area contributed by atoms with Crippen LogP contribution in [0.1, 0.15) is 84.5 Å². The summed E-state index contributed by atoms with van der Waals surface area (Å²) in [4.78, 5) is 22.7. The maximum absolute atomic E-state index is 12.2. The average Bonchev–Trinajstić information content (AvgIpc) is 1.45. The zero-order valence-electron chi connectivity index (χ0n) is 51.5. The lowest BCUT2D eigenvalue weighted by Gasteiger charge is -2.50. The number of hydrogen-bond donors (Lipinski definition) is 21. The number of carbonyl (C=O) groups excluding carboxylic acids is 1. The van der Waals surface area contributed by atoms with Gasteiger partial charge in [-0.2, -0.15) is 0 Å². The summed E-state index contributed by atoms with van der Waals surface area (Å²) in [5.74, 6) is -0.593. The van der Waals surface area contributed by atoms with Crippen LogP contribution < -0.4 is 0 Å². The number of aliphatic hydroxyl groups is 20. The van der Waals surface area contributed by atoms with Gasteiger partial charge in [0.1, 0.15) is 152 Å². The number of hydrogen-bond acceptors (Lipinski definition) is 34. The van der Waals surface area contributed by atoms with Crippen molar-refractivity contribution < 1.29 is 174 Å². The molecule has 0 amide bonds. The Hall–Kier alpha value is -2.40. The fraction of sp³-hybridized carbons (Fsp3) is 0.931. The summed E-state index contributed by atoms with van der Waals surface area (Å²) in [6.07, 6.45) is -47.5. The lowest BCUT2D eigenvalue weighted by atomic mass is 9.88. The van der Waals surface area contributed by atoms with Crippen LogP contribution in [0.15, 0.2) is 12.2 Å². The van der Waals surface area contributed by atoms with E-state index >= 15 is 0 Å². The van der Waals surface area contributed by atoms with E-state index in [0.717, 1.165) is 38.5 Å². The standard InChI is InChI=1S/C36H60O30.C22H38O5/c37-1-7-25-13(43)19(49)31(55-7)62-26-8(2-38)57-33(21(51)15(26)45)64-28-10(4-40)59-35(23(53)17(28)47)66-30-12(6-42)60-36(24(54)18(30)48)65-29-11(5-41)58-34(22(52)16(29)46)63-27-9(3-39)56-32(61-25)20(50)14(27)44;1-3-4-9-16(2)14-17(23)12-13-19-18(20(24)15-21(19)25)10-7-5-6-8-11-22(26)27/h7-54H,1-6H2;12-13,16-19,21,23,25H,3-11,14-15H2,1-2H3,(H,26,27)/b;13-12+/t7-,8-,9-,10-,11-,12-,13-,14-,15-,16-,17-,18-,19-,20-,21-,22-,23-,24-,25-,26-,27-,28-,29-,30-,31-,32-,33-,34-,35-,36-;16?,17-,18?,19?,21-/m10/s1. The quantitative estimate of drug-likeness (QED) is 0.0398. The highest BCUT2D eigenvalue weighted by atomic mass is 16.8. The Labute approximate surface area is 534 Å². The maximum Gasteiger partial charge on any atom is 0.303 e. The molecule has 12 bridgehead atoms. The number of aliphatic hydroxyl groups excluding tert-OH is 20. The van der Waals surface area contributed by atoms with E-state index in [1.165, 1.54) is 6.42 Å². The minimum atomic E-state index is -2.15. The first-order valence-electron chi connectivity index (χ1n) is 31.7. The molecule has 0 radical (unpaired) electrons. The van der Waals surface area contributed by atoms with Gasteiger partial charge in [0.2, 0.25) is 0 Å². The van der Waals surface area contributed by atoms with E-state index < -0.39 is 242 Å². The predicted octanol–water partition coefficient (Wildman–Crippen LogP) is -8.94. The summed E-state index contributed by atoms with van der Waals surface area (Å²) >= 11 is 0. The molecule has 3 unspecified atom stereocenters. The van der Waals surface area contributed by atoms with Gasteiger partial charge in [-0.25, -0.2) is 0 Å². The molecule has 23 fully saturated rings. The van der Waals surface area contributed by atoms with Crippen LogP contribution in [0.5, 0.6) is 0 Å². The molecule has 22 heterocycles. The average molecular weight is 1360 g/mol. The van der Waals surface area contributed by atoms with E-state index in [0.29, 0.717) is 18.8 Å². The van der Waals surface area contributed by atoms with Crippen LogP contribution in [0, 0.1) is 17.8 Å². The molecule has 540 valence electrons. The number of rotatable bonds is 20. The number of ketones is 1. The summed E-state index contributed by atoms with van der Waals surface area (Å²) in [7, 11) is 0. The van der Waals surface area contributed by atoms with Crippen molar-refractivity contribution in [1.29, 1.82) is 0 Å². The zero-order valence-corrected chi connectivity index (χ0v) is 51.5. The van der Waals surface area contributed by atoms with Gasteiger partial charge in [-0.1, -0.05) is 64.5 Å². The second-order valence-corrected chi connectivity index (χ2v) is 25.0. The van der Waals surface area contributed by atoms with Gasteiger partial charge in [-0.3, -0.25) is 9.59 Å². The highest BCUT2D eigenvalue weighted by Gasteiger charge is 2.59. The fourth-order valence-corrected chi connectivity index (χ4v) is 12.9. The van der Waals surface area contributed by atoms with Crippen molar-refractivity contribution in [2.45, 2.75) is 281 Å². The Morgan fingerprint density at radius 3 is 1.00 bits per heavy atom. The van der Waals surface area contributed by atoms with Crippen molar-refractivity contribution >= 4 is 11.8 Å². The molecule has 35 heteroatoms. The molecular formula is C58H98O35. The van der Waals surface area contributed by atoms with Crippen LogP contribution >= 0.6 is 0 Å². The molecule has 0 aromatic carbocycles. The first-order chi connectivity index (χ1) is 44.3. The van der Waals surface area contributed by atoms with Crippen LogP contribution in [0.4, 0.5) is 0 Å². The predicted molar refractivity (Wildman–Crippen MR) is 302 cm³/mol. The summed E-state index contributed by atoms with van der Waals surface area (Å²) in [5.41, 5.74) is 0. The van der Waals surface area contributed by atoms with Gasteiger partial charge in [0.15, 0.2) is 37.7 Å². The van der Waals surface area contributed by atoms with Crippen LogP contribution in [0.25, 0.3) is 0 Å². The van der Waals surface area contributed by atoms with Gasteiger partial charge >= 0.3 is 5.97 Å². The molecule has 1 saturated carbocycles. The van der Waals surface area contributed by atoms with Crippen LogP contribution in [-0.2, 0) is 66.4 Å². The molecule has 0 aromatic rings. The van der Waals surface area contributed by atoms with Crippen LogP contribution in [-0.4, -0.2) is 355 Å². The fourth-order valence-electron chi connectivity index (χ4n) is 12.9. The number of unbranched alkanes of at least 4 members (excludes halogenated alkanes) is 4. The maximum atomic E-state index is 12.2. The molecule has 22 saturated heterocycles. The molecule has 35 atom stereocenters. The molecule has 1 aliphatic carbocycles. The van der Waals surface area contributed by atoms with Crippen molar-refractivity contribution in [2.75, 3.05) is 39.6 Å². The Morgan fingerprint density at radius 1 is 0.441 bits per heavy atom. The largest absolute Gasteiger partial charge is 0.481 e. The van der Waals surface area contributed by atoms with E-state index in [1.807, 2.05) is 6.08 Å². The number of carboxylic acids is 1. The number of carboxylic acid groups (broad SMARTS) is 1. The highest BCUT2D eigenvalue weighted by molar-refractivity contribution is 5.84. The smallest absolute Gasteiger partial charge is 0.303 e. The van der Waals surface area contributed by atoms with E-state index in [1.54, 1.807) is 6.08 Å². The molecule has 0 spiro atoms. The van der Waals surface area contributed by atoms with Gasteiger partial charge in [0.05, 0.1) is 51.8 Å². The molecule has 35 nitrogen and oxygen atoms in total. The zero-order chi connectivity index (χ0) is 68.3. The number of ether oxygens (including phenoxy) is 12. The first-order valence-corrected chi connectivity index (χ1v) is 31.7. The summed E-state index contributed by atoms with van der Waals surface area (Å²) < 4.78 is 67.9. The Bertz CT molecular complexity index is 1970. The van der Waals surface area contributed by atoms with Crippen molar-refractivity contribution in [3.8, 4) is 0 Å². The van der Waals surface area contributed by atoms with E-state index in [-0.39, 0.29) is 30.5 Å². The molecule has 0 aromatic heterocycles. The lowest BCUT2D eigenvalue weighted by Crippen LogP contribution is -2.69. The SMILES string of the molecule is CCCCC(C)C[C@@H](O)/C=C/C1C(CCCCCCC(=O)O)C(=O)C[C@@H]1O.OC[C@H]1O[C@@H]2O[C@H]3[C@H](O)[C@@H](O)[C@@H](O[C@H]4[C@H](O)[C@@H](O)[C@@H](O[C@H]5[C@H](O)[C@@H](O)[C@@H](O[C@H]6[C@H](O)[C@@H](O)[C@@H](O[C@H]7[C@H](O)[C@@H](O)[C@@H](O[C@H]1[C@H](O)[C@H]2O)O[C@@H]7CO)O[C@@H]6CO)O[C@@H]5CO)O[C@@H]4CO)O[C@@H]3CO. The van der Waals surface area contributed by atoms with Gasteiger partial charge < -0.3 is 164 Å². The Kier molecular flexibility index (Phi) is 30.2. The van der Waals surface area contributed by atoms with Crippen molar-refractivity contribution in [2.24, 2.45) is 17.8 Å². The molecular weight excluding hydrogens is 1260 g/mol. The van der Waals surface area contributed by atoms with Crippen LogP contribution in [0.2, 0.25) is 0 Å². The van der Waals surface area contributed by atoms with Crippen molar-refractivity contribution in [3.63, 3.8) is 0 Å². The van der Waals surface area contributed by atoms with Crippen LogP contribution in [0.3, 0.4) is 0 Å². The second kappa shape index (κ2) is 36.1. The number of aliphatic carboxylic acids is 1. The molecule has 23 aliphatic rings. The second-order valence-electron chi connectivity index (χ2n) is 25.0. The topological polar surface area (TPSA) is 570 Å². The van der Waals surface area contributed by atoms with Gasteiger partial charge in [0, 0.05) is 24.7 Å². The van der Waals surface area contributed by atoms with Gasteiger partial charge in [-0.15, -0.1) is 0 Å². The first kappa shape index (κ1) is 77.9. The number of Topliss-reactive ketones (excluding diaryl/α,β-unsaturated/α-hetero) is 1.